The monoisotopic (exact) mass is 523 g/mol. The largest absolute Gasteiger partial charge is 0.478 e. The molecule has 1 amide bonds. The van der Waals surface area contributed by atoms with Gasteiger partial charge in [0.2, 0.25) is 0 Å². The van der Waals surface area contributed by atoms with Crippen LogP contribution in [0.2, 0.25) is 0 Å². The Bertz CT molecular complexity index is 1030. The van der Waals surface area contributed by atoms with Crippen molar-refractivity contribution in [2.24, 2.45) is 27.7 Å². The smallest absolute Gasteiger partial charge is 0.335 e. The van der Waals surface area contributed by atoms with Crippen molar-refractivity contribution in [1.82, 2.24) is 9.80 Å². The molecular weight excluding hydrogens is 474 g/mol. The number of carboxylic acids is 1. The number of benzene rings is 1. The summed E-state index contributed by atoms with van der Waals surface area (Å²) in [6.45, 7) is 17.8. The molecule has 1 N–H and O–H groups in total. The zero-order valence-corrected chi connectivity index (χ0v) is 24.7. The molecule has 3 aliphatic rings. The molecule has 2 fully saturated rings. The molecule has 0 aromatic heterocycles. The summed E-state index contributed by atoms with van der Waals surface area (Å²) in [4.78, 5) is 35.7. The number of carbonyl (C=O) groups excluding carboxylic acids is 1. The van der Waals surface area contributed by atoms with E-state index in [9.17, 15) is 14.7 Å². The van der Waals surface area contributed by atoms with E-state index >= 15 is 0 Å². The third kappa shape index (κ3) is 5.94. The lowest BCUT2D eigenvalue weighted by Gasteiger charge is -2.47. The second-order valence-corrected chi connectivity index (χ2v) is 14.3. The van der Waals surface area contributed by atoms with Crippen LogP contribution in [-0.2, 0) is 4.79 Å². The summed E-state index contributed by atoms with van der Waals surface area (Å²) in [6.07, 6.45) is 7.85. The molecule has 2 aliphatic heterocycles. The molecule has 1 aliphatic carbocycles. The van der Waals surface area contributed by atoms with Crippen LogP contribution in [0.5, 0.6) is 0 Å². The van der Waals surface area contributed by atoms with E-state index in [0.29, 0.717) is 23.1 Å². The average molecular weight is 524 g/mol. The highest BCUT2D eigenvalue weighted by atomic mass is 16.4. The van der Waals surface area contributed by atoms with Gasteiger partial charge in [-0.25, -0.2) is 9.79 Å². The van der Waals surface area contributed by atoms with E-state index in [-0.39, 0.29) is 22.9 Å². The number of carboxylic acid groups (broad SMARTS) is 1. The van der Waals surface area contributed by atoms with Crippen molar-refractivity contribution in [2.75, 3.05) is 13.1 Å². The first-order chi connectivity index (χ1) is 17.7. The maximum atomic E-state index is 14.4. The van der Waals surface area contributed by atoms with Gasteiger partial charge < -0.3 is 14.9 Å². The van der Waals surface area contributed by atoms with Gasteiger partial charge in [-0.3, -0.25) is 4.79 Å². The molecular formula is C32H49N3O3. The number of aliphatic imine (C=N–C) groups is 1. The van der Waals surface area contributed by atoms with Crippen LogP contribution < -0.4 is 0 Å². The standard InChI is InChI=1S/C32H49N3O3/c1-22(2)8-13-26(23-9-11-24(12-10-23)29(37)38)35-28(36)27(34-20-18-31(6,7)19-21-34)33-32(35)16-14-25(15-17-32)30(3,4)5/h9-12,22,25-26H,8,13-21H2,1-7H3,(H,37,38)/t25?,26-,32?/m1/s1. The van der Waals surface area contributed by atoms with Gasteiger partial charge in [0.1, 0.15) is 5.66 Å². The number of likely N-dealkylation sites (tertiary alicyclic amines) is 1. The Morgan fingerprint density at radius 3 is 2.11 bits per heavy atom. The molecule has 0 unspecified atom stereocenters. The summed E-state index contributed by atoms with van der Waals surface area (Å²) >= 11 is 0. The summed E-state index contributed by atoms with van der Waals surface area (Å²) in [5.74, 6) is 0.916. The fraction of sp³-hybridized carbons (Fsp3) is 0.719. The van der Waals surface area contributed by atoms with E-state index in [2.05, 4.69) is 58.3 Å². The van der Waals surface area contributed by atoms with Crippen molar-refractivity contribution in [1.29, 1.82) is 0 Å². The van der Waals surface area contributed by atoms with Crippen LogP contribution >= 0.6 is 0 Å². The van der Waals surface area contributed by atoms with Crippen LogP contribution in [0.3, 0.4) is 0 Å². The van der Waals surface area contributed by atoms with E-state index in [4.69, 9.17) is 4.99 Å². The Morgan fingerprint density at radius 1 is 1.03 bits per heavy atom. The number of rotatable bonds is 6. The van der Waals surface area contributed by atoms with Crippen molar-refractivity contribution >= 4 is 17.7 Å². The Morgan fingerprint density at radius 2 is 1.61 bits per heavy atom. The lowest BCUT2D eigenvalue weighted by molar-refractivity contribution is -0.134. The molecule has 0 bridgehead atoms. The number of hydrogen-bond donors (Lipinski definition) is 1. The molecule has 210 valence electrons. The fourth-order valence-electron chi connectivity index (χ4n) is 6.64. The number of amides is 1. The molecule has 1 aromatic rings. The van der Waals surface area contributed by atoms with E-state index in [1.54, 1.807) is 12.1 Å². The van der Waals surface area contributed by atoms with E-state index < -0.39 is 11.6 Å². The van der Waals surface area contributed by atoms with Gasteiger partial charge in [-0.15, -0.1) is 0 Å². The van der Waals surface area contributed by atoms with Crippen LogP contribution in [0.1, 0.15) is 122 Å². The highest BCUT2D eigenvalue weighted by Crippen LogP contribution is 2.50. The molecule has 38 heavy (non-hydrogen) atoms. The van der Waals surface area contributed by atoms with Crippen molar-refractivity contribution in [3.63, 3.8) is 0 Å². The predicted octanol–water partition coefficient (Wildman–Crippen LogP) is 7.16. The van der Waals surface area contributed by atoms with E-state index in [1.807, 2.05) is 12.1 Å². The Kier molecular flexibility index (Phi) is 8.03. The Labute approximate surface area is 229 Å². The lowest BCUT2D eigenvalue weighted by atomic mass is 9.69. The van der Waals surface area contributed by atoms with Gasteiger partial charge in [-0.2, -0.15) is 0 Å². The second kappa shape index (κ2) is 10.7. The topological polar surface area (TPSA) is 73.2 Å². The molecule has 4 rings (SSSR count). The number of carbonyl (C=O) groups is 2. The molecule has 6 heteroatoms. The molecule has 1 aromatic carbocycles. The maximum Gasteiger partial charge on any atom is 0.335 e. The number of aromatic carboxylic acids is 1. The first-order valence-corrected chi connectivity index (χ1v) is 14.7. The fourth-order valence-corrected chi connectivity index (χ4v) is 6.64. The predicted molar refractivity (Wildman–Crippen MR) is 153 cm³/mol. The van der Waals surface area contributed by atoms with E-state index in [0.717, 1.165) is 70.0 Å². The zero-order valence-electron chi connectivity index (χ0n) is 24.7. The molecule has 1 saturated carbocycles. The summed E-state index contributed by atoms with van der Waals surface area (Å²) in [7, 11) is 0. The minimum Gasteiger partial charge on any atom is -0.478 e. The minimum absolute atomic E-state index is 0.0648. The Balaban J connectivity index is 1.72. The first kappa shape index (κ1) is 28.6. The summed E-state index contributed by atoms with van der Waals surface area (Å²) in [5.41, 5.74) is 1.31. The van der Waals surface area contributed by atoms with Crippen LogP contribution in [0.25, 0.3) is 0 Å². The van der Waals surface area contributed by atoms with Crippen molar-refractivity contribution in [3.05, 3.63) is 35.4 Å². The summed E-state index contributed by atoms with van der Waals surface area (Å²) in [6, 6.07) is 7.06. The highest BCUT2D eigenvalue weighted by molar-refractivity contribution is 6.39. The second-order valence-electron chi connectivity index (χ2n) is 14.3. The molecule has 1 atom stereocenters. The van der Waals surface area contributed by atoms with Crippen molar-refractivity contribution in [2.45, 2.75) is 112 Å². The van der Waals surface area contributed by atoms with Gasteiger partial charge in [0.25, 0.3) is 5.91 Å². The SMILES string of the molecule is CC(C)CC[C@H](c1ccc(C(=O)O)cc1)N1C(=O)C(N2CCC(C)(C)CC2)=NC12CCC(C(C)(C)C)CC2. The van der Waals surface area contributed by atoms with Gasteiger partial charge in [0.15, 0.2) is 5.84 Å². The summed E-state index contributed by atoms with van der Waals surface area (Å²) < 4.78 is 0. The lowest BCUT2D eigenvalue weighted by Crippen LogP contribution is -2.52. The van der Waals surface area contributed by atoms with Crippen molar-refractivity contribution < 1.29 is 14.7 Å². The summed E-state index contributed by atoms with van der Waals surface area (Å²) in [5, 5.41) is 9.46. The van der Waals surface area contributed by atoms with E-state index in [1.165, 1.54) is 0 Å². The van der Waals surface area contributed by atoms with Crippen LogP contribution in [0.15, 0.2) is 29.3 Å². The first-order valence-electron chi connectivity index (χ1n) is 14.7. The van der Waals surface area contributed by atoms with Gasteiger partial charge in [-0.1, -0.05) is 60.6 Å². The van der Waals surface area contributed by atoms with Gasteiger partial charge in [0.05, 0.1) is 11.6 Å². The van der Waals surface area contributed by atoms with Gasteiger partial charge in [0, 0.05) is 13.1 Å². The molecule has 0 radical (unpaired) electrons. The number of hydrogen-bond acceptors (Lipinski definition) is 4. The third-order valence-corrected chi connectivity index (χ3v) is 9.47. The number of nitrogens with zero attached hydrogens (tertiary/aromatic N) is 3. The normalized spacial score (nSPS) is 26.7. The minimum atomic E-state index is -0.928. The molecule has 1 spiro atoms. The molecule has 2 heterocycles. The van der Waals surface area contributed by atoms with Crippen molar-refractivity contribution in [3.8, 4) is 0 Å². The third-order valence-electron chi connectivity index (χ3n) is 9.47. The molecule has 6 nitrogen and oxygen atoms in total. The zero-order chi connectivity index (χ0) is 27.9. The number of piperidine rings is 1. The quantitative estimate of drug-likeness (QED) is 0.429. The van der Waals surface area contributed by atoms with Gasteiger partial charge >= 0.3 is 5.97 Å². The number of amidine groups is 1. The maximum absolute atomic E-state index is 14.4. The van der Waals surface area contributed by atoms with Gasteiger partial charge in [-0.05, 0) is 91.7 Å². The Hall–Kier alpha value is -2.37. The molecule has 1 saturated heterocycles. The van der Waals surface area contributed by atoms with Crippen LogP contribution in [0.4, 0.5) is 0 Å². The highest BCUT2D eigenvalue weighted by Gasteiger charge is 2.53. The van der Waals surface area contributed by atoms with Crippen LogP contribution in [0, 0.1) is 22.7 Å². The van der Waals surface area contributed by atoms with Crippen LogP contribution in [-0.4, -0.2) is 51.4 Å². The average Bonchev–Trinajstić information content (AvgIpc) is 3.10.